The van der Waals surface area contributed by atoms with E-state index in [0.29, 0.717) is 0 Å². The molecule has 1 nitrogen and oxygen atoms in total. The molecule has 1 heteroatoms. The van der Waals surface area contributed by atoms with Crippen LogP contribution in [0, 0.1) is 5.92 Å². The summed E-state index contributed by atoms with van der Waals surface area (Å²) in [6, 6.07) is 10.6. The predicted octanol–water partition coefficient (Wildman–Crippen LogP) is 5.57. The largest absolute Gasteiger partial charge is 0.393 e. The van der Waals surface area contributed by atoms with Crippen molar-refractivity contribution in [1.82, 2.24) is 0 Å². The number of rotatable bonds is 6. The Morgan fingerprint density at radius 3 is 1.95 bits per heavy atom. The number of hydrogen-bond acceptors (Lipinski definition) is 1. The van der Waals surface area contributed by atoms with Gasteiger partial charge in [0.2, 0.25) is 0 Å². The van der Waals surface area contributed by atoms with E-state index in [1.165, 1.54) is 12.0 Å². The summed E-state index contributed by atoms with van der Waals surface area (Å²) >= 11 is 0. The molecule has 0 saturated carbocycles. The Labute approximate surface area is 126 Å². The summed E-state index contributed by atoms with van der Waals surface area (Å²) in [5.74, 6) is 0.884. The SMILES string of the molecule is CC(O)CCCC(C)(C)c1ccccc1.CCC(C)C. The summed E-state index contributed by atoms with van der Waals surface area (Å²) in [6.45, 7) is 13.0. The normalized spacial score (nSPS) is 12.8. The van der Waals surface area contributed by atoms with Crippen LogP contribution in [0.15, 0.2) is 30.3 Å². The van der Waals surface area contributed by atoms with E-state index in [9.17, 15) is 5.11 Å². The molecule has 0 spiro atoms. The summed E-state index contributed by atoms with van der Waals surface area (Å²) < 4.78 is 0. The van der Waals surface area contributed by atoms with Crippen LogP contribution in [-0.2, 0) is 5.41 Å². The molecule has 1 aromatic rings. The first kappa shape index (κ1) is 19.2. The minimum absolute atomic E-state index is 0.170. The van der Waals surface area contributed by atoms with Crippen LogP contribution in [0.3, 0.4) is 0 Å². The van der Waals surface area contributed by atoms with Gasteiger partial charge in [-0.05, 0) is 36.7 Å². The van der Waals surface area contributed by atoms with Crippen molar-refractivity contribution < 1.29 is 5.11 Å². The van der Waals surface area contributed by atoms with E-state index in [1.54, 1.807) is 0 Å². The summed E-state index contributed by atoms with van der Waals surface area (Å²) in [6.07, 6.45) is 4.24. The highest BCUT2D eigenvalue weighted by molar-refractivity contribution is 5.23. The van der Waals surface area contributed by atoms with E-state index in [-0.39, 0.29) is 11.5 Å². The van der Waals surface area contributed by atoms with Crippen LogP contribution in [0.1, 0.15) is 72.8 Å². The lowest BCUT2D eigenvalue weighted by molar-refractivity contribution is 0.177. The molecule has 0 bridgehead atoms. The van der Waals surface area contributed by atoms with Gasteiger partial charge < -0.3 is 5.11 Å². The topological polar surface area (TPSA) is 20.2 Å². The average molecular weight is 278 g/mol. The number of benzene rings is 1. The molecule has 0 aromatic heterocycles. The van der Waals surface area contributed by atoms with Crippen molar-refractivity contribution in [2.45, 2.75) is 78.7 Å². The van der Waals surface area contributed by atoms with Crippen LogP contribution in [-0.4, -0.2) is 11.2 Å². The number of aliphatic hydroxyl groups excluding tert-OH is 1. The Hall–Kier alpha value is -0.820. The van der Waals surface area contributed by atoms with Crippen molar-refractivity contribution in [2.75, 3.05) is 0 Å². The standard InChI is InChI=1S/C14H22O.C5H12/c1-12(15)8-7-11-14(2,3)13-9-5-4-6-10-13;1-4-5(2)3/h4-6,9-10,12,15H,7-8,11H2,1-3H3;5H,4H2,1-3H3. The molecule has 116 valence electrons. The minimum atomic E-state index is -0.170. The molecule has 1 N–H and O–H groups in total. The molecule has 0 aliphatic carbocycles. The highest BCUT2D eigenvalue weighted by Crippen LogP contribution is 2.28. The minimum Gasteiger partial charge on any atom is -0.393 e. The fourth-order valence-corrected chi connectivity index (χ4v) is 1.87. The van der Waals surface area contributed by atoms with E-state index >= 15 is 0 Å². The Morgan fingerprint density at radius 2 is 1.55 bits per heavy atom. The fraction of sp³-hybridized carbons (Fsp3) is 0.684. The monoisotopic (exact) mass is 278 g/mol. The Kier molecular flexibility index (Phi) is 9.58. The van der Waals surface area contributed by atoms with Gasteiger partial charge in [0.15, 0.2) is 0 Å². The molecule has 0 aliphatic rings. The maximum Gasteiger partial charge on any atom is 0.0512 e. The third-order valence-corrected chi connectivity index (χ3v) is 3.80. The van der Waals surface area contributed by atoms with Crippen LogP contribution in [0.5, 0.6) is 0 Å². The van der Waals surface area contributed by atoms with Gasteiger partial charge >= 0.3 is 0 Å². The first-order chi connectivity index (χ1) is 9.29. The molecule has 0 amide bonds. The van der Waals surface area contributed by atoms with Gasteiger partial charge in [-0.1, -0.05) is 77.8 Å². The smallest absolute Gasteiger partial charge is 0.0512 e. The zero-order valence-corrected chi connectivity index (χ0v) is 14.3. The van der Waals surface area contributed by atoms with E-state index in [2.05, 4.69) is 65.0 Å². The molecular formula is C19H34O. The molecule has 1 unspecified atom stereocenters. The second kappa shape index (κ2) is 9.99. The second-order valence-electron chi connectivity index (χ2n) is 6.79. The van der Waals surface area contributed by atoms with Gasteiger partial charge in [-0.25, -0.2) is 0 Å². The van der Waals surface area contributed by atoms with Gasteiger partial charge in [0.05, 0.1) is 6.10 Å². The molecule has 0 aliphatic heterocycles. The Morgan fingerprint density at radius 1 is 1.05 bits per heavy atom. The molecule has 1 aromatic carbocycles. The summed E-state index contributed by atoms with van der Waals surface area (Å²) in [7, 11) is 0. The van der Waals surface area contributed by atoms with Gasteiger partial charge in [0.1, 0.15) is 0 Å². The average Bonchev–Trinajstić information content (AvgIpc) is 2.39. The van der Waals surface area contributed by atoms with E-state index in [1.807, 2.05) is 6.92 Å². The highest BCUT2D eigenvalue weighted by atomic mass is 16.3. The van der Waals surface area contributed by atoms with Gasteiger partial charge in [0, 0.05) is 0 Å². The molecule has 0 fully saturated rings. The molecule has 1 atom stereocenters. The first-order valence-corrected chi connectivity index (χ1v) is 8.03. The fourth-order valence-electron chi connectivity index (χ4n) is 1.87. The lowest BCUT2D eigenvalue weighted by Gasteiger charge is -2.25. The maximum atomic E-state index is 9.22. The van der Waals surface area contributed by atoms with Crippen molar-refractivity contribution >= 4 is 0 Å². The quantitative estimate of drug-likeness (QED) is 0.721. The van der Waals surface area contributed by atoms with Gasteiger partial charge in [-0.15, -0.1) is 0 Å². The molecular weight excluding hydrogens is 244 g/mol. The van der Waals surface area contributed by atoms with Gasteiger partial charge in [0.25, 0.3) is 0 Å². The Balaban J connectivity index is 0.000000621. The van der Waals surface area contributed by atoms with Gasteiger partial charge in [-0.3, -0.25) is 0 Å². The van der Waals surface area contributed by atoms with E-state index in [4.69, 9.17) is 0 Å². The summed E-state index contributed by atoms with van der Waals surface area (Å²) in [5.41, 5.74) is 1.60. The zero-order chi connectivity index (χ0) is 15.6. The number of aliphatic hydroxyl groups is 1. The van der Waals surface area contributed by atoms with Gasteiger partial charge in [-0.2, -0.15) is 0 Å². The lowest BCUT2D eigenvalue weighted by Crippen LogP contribution is -2.17. The third-order valence-electron chi connectivity index (χ3n) is 3.80. The Bertz CT molecular complexity index is 325. The van der Waals surface area contributed by atoms with Crippen molar-refractivity contribution in [2.24, 2.45) is 5.92 Å². The molecule has 1 rings (SSSR count). The van der Waals surface area contributed by atoms with Crippen molar-refractivity contribution in [3.8, 4) is 0 Å². The second-order valence-corrected chi connectivity index (χ2v) is 6.79. The van der Waals surface area contributed by atoms with E-state index in [0.717, 1.165) is 25.2 Å². The maximum absolute atomic E-state index is 9.22. The molecule has 0 saturated heterocycles. The van der Waals surface area contributed by atoms with Crippen molar-refractivity contribution in [3.05, 3.63) is 35.9 Å². The van der Waals surface area contributed by atoms with Crippen LogP contribution in [0.25, 0.3) is 0 Å². The van der Waals surface area contributed by atoms with Crippen molar-refractivity contribution in [3.63, 3.8) is 0 Å². The van der Waals surface area contributed by atoms with Crippen molar-refractivity contribution in [1.29, 1.82) is 0 Å². The van der Waals surface area contributed by atoms with Crippen LogP contribution >= 0.6 is 0 Å². The molecule has 0 radical (unpaired) electrons. The third kappa shape index (κ3) is 9.14. The lowest BCUT2D eigenvalue weighted by atomic mass is 9.80. The molecule has 20 heavy (non-hydrogen) atoms. The predicted molar refractivity (Wildman–Crippen MR) is 90.1 cm³/mol. The highest BCUT2D eigenvalue weighted by Gasteiger charge is 2.19. The summed E-state index contributed by atoms with van der Waals surface area (Å²) in [5, 5.41) is 9.22. The van der Waals surface area contributed by atoms with Crippen LogP contribution in [0.4, 0.5) is 0 Å². The van der Waals surface area contributed by atoms with Crippen LogP contribution < -0.4 is 0 Å². The number of hydrogen-bond donors (Lipinski definition) is 1. The first-order valence-electron chi connectivity index (χ1n) is 8.03. The molecule has 0 heterocycles. The van der Waals surface area contributed by atoms with E-state index < -0.39 is 0 Å². The zero-order valence-electron chi connectivity index (χ0n) is 14.3. The summed E-state index contributed by atoms with van der Waals surface area (Å²) in [4.78, 5) is 0. The van der Waals surface area contributed by atoms with Crippen LogP contribution in [0.2, 0.25) is 0 Å².